The molecule has 2 aromatic rings. The Morgan fingerprint density at radius 1 is 1.24 bits per heavy atom. The fourth-order valence-corrected chi connectivity index (χ4v) is 3.45. The lowest BCUT2D eigenvalue weighted by molar-refractivity contribution is -0.117. The largest absolute Gasteiger partial charge is 0.493 e. The first-order valence-corrected chi connectivity index (χ1v) is 8.91. The number of para-hydroxylation sites is 1. The monoisotopic (exact) mass is 337 g/mol. The zero-order valence-electron chi connectivity index (χ0n) is 14.5. The number of carbonyl (C=O) groups excluding carboxylic acids is 1. The predicted molar refractivity (Wildman–Crippen MR) is 97.2 cm³/mol. The fourth-order valence-electron chi connectivity index (χ4n) is 3.45. The lowest BCUT2D eigenvalue weighted by Gasteiger charge is -2.26. The van der Waals surface area contributed by atoms with Crippen molar-refractivity contribution in [3.05, 3.63) is 53.6 Å². The second-order valence-electron chi connectivity index (χ2n) is 7.00. The van der Waals surface area contributed by atoms with Gasteiger partial charge >= 0.3 is 0 Å². The summed E-state index contributed by atoms with van der Waals surface area (Å²) in [5.41, 5.74) is 3.33. The van der Waals surface area contributed by atoms with Gasteiger partial charge in [0, 0.05) is 17.5 Å². The van der Waals surface area contributed by atoms with Crippen LogP contribution in [0.15, 0.2) is 42.5 Å². The summed E-state index contributed by atoms with van der Waals surface area (Å²) in [5, 5.41) is 3.03. The van der Waals surface area contributed by atoms with Gasteiger partial charge < -0.3 is 14.8 Å². The molecule has 0 radical (unpaired) electrons. The zero-order chi connectivity index (χ0) is 17.2. The number of rotatable bonds is 5. The van der Waals surface area contributed by atoms with Gasteiger partial charge in [0.15, 0.2) is 11.5 Å². The quantitative estimate of drug-likeness (QED) is 0.902. The molecule has 1 aliphatic carbocycles. The summed E-state index contributed by atoms with van der Waals surface area (Å²) in [6.07, 6.45) is 3.95. The van der Waals surface area contributed by atoms with E-state index in [1.165, 1.54) is 11.1 Å². The number of carbonyl (C=O) groups is 1. The molecule has 1 aliphatic heterocycles. The first kappa shape index (κ1) is 16.0. The van der Waals surface area contributed by atoms with Crippen molar-refractivity contribution < 1.29 is 14.3 Å². The van der Waals surface area contributed by atoms with Gasteiger partial charge in [0.1, 0.15) is 0 Å². The predicted octanol–water partition coefficient (Wildman–Crippen LogP) is 3.84. The highest BCUT2D eigenvalue weighted by Gasteiger charge is 2.29. The third kappa shape index (κ3) is 3.63. The van der Waals surface area contributed by atoms with Crippen molar-refractivity contribution in [2.75, 3.05) is 19.0 Å². The van der Waals surface area contributed by atoms with E-state index in [-0.39, 0.29) is 11.8 Å². The van der Waals surface area contributed by atoms with Crippen molar-refractivity contribution >= 4 is 11.6 Å². The van der Waals surface area contributed by atoms with Crippen molar-refractivity contribution in [2.24, 2.45) is 11.8 Å². The minimum Gasteiger partial charge on any atom is -0.493 e. The Kier molecular flexibility index (Phi) is 4.35. The maximum atomic E-state index is 11.9. The molecule has 2 aromatic carbocycles. The highest BCUT2D eigenvalue weighted by atomic mass is 16.5. The second-order valence-corrected chi connectivity index (χ2v) is 7.00. The molecule has 0 bridgehead atoms. The first-order chi connectivity index (χ1) is 12.2. The Bertz CT molecular complexity index is 782. The standard InChI is InChI=1S/C21H23NO3/c1-24-19-7-3-5-17-11-15(13-25-20(17)19)10-14-4-2-6-18(12-14)22-21(23)16-8-9-16/h2-7,12,15-16H,8-11,13H2,1H3,(H,22,23). The minimum absolute atomic E-state index is 0.152. The van der Waals surface area contributed by atoms with E-state index < -0.39 is 0 Å². The maximum Gasteiger partial charge on any atom is 0.227 e. The zero-order valence-corrected chi connectivity index (χ0v) is 14.5. The van der Waals surface area contributed by atoms with E-state index in [0.717, 1.165) is 42.9 Å². The fraction of sp³-hybridized carbons (Fsp3) is 0.381. The van der Waals surface area contributed by atoms with E-state index in [1.54, 1.807) is 7.11 Å². The molecule has 130 valence electrons. The molecule has 1 atom stereocenters. The van der Waals surface area contributed by atoms with Crippen LogP contribution in [0.3, 0.4) is 0 Å². The van der Waals surface area contributed by atoms with Crippen LogP contribution in [0.1, 0.15) is 24.0 Å². The molecule has 1 unspecified atom stereocenters. The van der Waals surface area contributed by atoms with Crippen LogP contribution >= 0.6 is 0 Å². The van der Waals surface area contributed by atoms with Crippen LogP contribution in [-0.2, 0) is 17.6 Å². The van der Waals surface area contributed by atoms with Gasteiger partial charge in [0.25, 0.3) is 0 Å². The molecular weight excluding hydrogens is 314 g/mol. The van der Waals surface area contributed by atoms with Gasteiger partial charge in [-0.25, -0.2) is 0 Å². The van der Waals surface area contributed by atoms with E-state index in [9.17, 15) is 4.79 Å². The van der Waals surface area contributed by atoms with E-state index in [1.807, 2.05) is 24.3 Å². The summed E-state index contributed by atoms with van der Waals surface area (Å²) >= 11 is 0. The van der Waals surface area contributed by atoms with E-state index in [0.29, 0.717) is 12.5 Å². The average Bonchev–Trinajstić information content (AvgIpc) is 3.46. The van der Waals surface area contributed by atoms with Gasteiger partial charge in [-0.15, -0.1) is 0 Å². The Balaban J connectivity index is 1.43. The number of anilines is 1. The van der Waals surface area contributed by atoms with Crippen LogP contribution in [0.5, 0.6) is 11.5 Å². The molecule has 1 saturated carbocycles. The summed E-state index contributed by atoms with van der Waals surface area (Å²) in [6, 6.07) is 14.2. The molecule has 4 rings (SSSR count). The topological polar surface area (TPSA) is 47.6 Å². The Labute approximate surface area is 148 Å². The molecule has 0 aromatic heterocycles. The Morgan fingerprint density at radius 2 is 2.08 bits per heavy atom. The van der Waals surface area contributed by atoms with Crippen LogP contribution < -0.4 is 14.8 Å². The van der Waals surface area contributed by atoms with Gasteiger partial charge in [-0.3, -0.25) is 4.79 Å². The highest BCUT2D eigenvalue weighted by Crippen LogP contribution is 2.37. The SMILES string of the molecule is COc1cccc2c1OCC(Cc1cccc(NC(=O)C3CC3)c1)C2. The number of methoxy groups -OCH3 is 1. The summed E-state index contributed by atoms with van der Waals surface area (Å²) in [7, 11) is 1.67. The first-order valence-electron chi connectivity index (χ1n) is 8.91. The van der Waals surface area contributed by atoms with Gasteiger partial charge in [0.2, 0.25) is 5.91 Å². The van der Waals surface area contributed by atoms with Crippen molar-refractivity contribution in [3.8, 4) is 11.5 Å². The van der Waals surface area contributed by atoms with E-state index in [2.05, 4.69) is 23.5 Å². The van der Waals surface area contributed by atoms with Crippen LogP contribution in [-0.4, -0.2) is 19.6 Å². The van der Waals surface area contributed by atoms with Crippen LogP contribution in [0.2, 0.25) is 0 Å². The number of hydrogen-bond donors (Lipinski definition) is 1. The molecular formula is C21H23NO3. The Morgan fingerprint density at radius 3 is 2.88 bits per heavy atom. The van der Waals surface area contributed by atoms with Crippen molar-refractivity contribution in [3.63, 3.8) is 0 Å². The Hall–Kier alpha value is -2.49. The van der Waals surface area contributed by atoms with Crippen molar-refractivity contribution in [1.29, 1.82) is 0 Å². The molecule has 25 heavy (non-hydrogen) atoms. The van der Waals surface area contributed by atoms with Gasteiger partial charge in [-0.05, 0) is 55.0 Å². The number of ether oxygens (including phenoxy) is 2. The normalized spacial score (nSPS) is 18.8. The third-order valence-corrected chi connectivity index (χ3v) is 4.92. The smallest absolute Gasteiger partial charge is 0.227 e. The number of nitrogens with one attached hydrogen (secondary N) is 1. The summed E-state index contributed by atoms with van der Waals surface area (Å²) < 4.78 is 11.3. The van der Waals surface area contributed by atoms with Crippen LogP contribution in [0.25, 0.3) is 0 Å². The maximum absolute atomic E-state index is 11.9. The number of hydrogen-bond acceptors (Lipinski definition) is 3. The molecule has 1 fully saturated rings. The molecule has 4 nitrogen and oxygen atoms in total. The molecule has 1 N–H and O–H groups in total. The van der Waals surface area contributed by atoms with Crippen molar-refractivity contribution in [1.82, 2.24) is 0 Å². The molecule has 0 spiro atoms. The van der Waals surface area contributed by atoms with E-state index >= 15 is 0 Å². The number of benzene rings is 2. The van der Waals surface area contributed by atoms with Gasteiger partial charge in [-0.2, -0.15) is 0 Å². The molecule has 1 heterocycles. The lowest BCUT2D eigenvalue weighted by atomic mass is 9.90. The molecule has 1 amide bonds. The summed E-state index contributed by atoms with van der Waals surface area (Å²) in [5.74, 6) is 2.49. The molecule has 4 heteroatoms. The highest BCUT2D eigenvalue weighted by molar-refractivity contribution is 5.94. The van der Waals surface area contributed by atoms with Crippen LogP contribution in [0, 0.1) is 11.8 Å². The average molecular weight is 337 g/mol. The van der Waals surface area contributed by atoms with Crippen LogP contribution in [0.4, 0.5) is 5.69 Å². The summed E-state index contributed by atoms with van der Waals surface area (Å²) in [4.78, 5) is 11.9. The lowest BCUT2D eigenvalue weighted by Crippen LogP contribution is -2.23. The molecule has 2 aliphatic rings. The molecule has 0 saturated heterocycles. The second kappa shape index (κ2) is 6.79. The van der Waals surface area contributed by atoms with Gasteiger partial charge in [-0.1, -0.05) is 24.3 Å². The minimum atomic E-state index is 0.152. The third-order valence-electron chi connectivity index (χ3n) is 4.92. The van der Waals surface area contributed by atoms with Crippen molar-refractivity contribution in [2.45, 2.75) is 25.7 Å². The van der Waals surface area contributed by atoms with E-state index in [4.69, 9.17) is 9.47 Å². The van der Waals surface area contributed by atoms with Gasteiger partial charge in [0.05, 0.1) is 13.7 Å². The number of fused-ring (bicyclic) bond motifs is 1. The number of amides is 1. The summed E-state index contributed by atoms with van der Waals surface area (Å²) in [6.45, 7) is 0.687.